The number of nitrogen functional groups attached to an aromatic ring is 1. The standard InChI is InChI=1S/C12H20N4O2/c1-8-6-11(15-7-10(8)13)16-9(2)12(17)14-4-5-18-3/h6-7,9H,4-5,13H2,1-3H3,(H,14,17)(H,15,16). The monoisotopic (exact) mass is 252 g/mol. The first-order chi connectivity index (χ1) is 8.54. The molecule has 0 saturated carbocycles. The van der Waals surface area contributed by atoms with Crippen LogP contribution >= 0.6 is 0 Å². The van der Waals surface area contributed by atoms with E-state index in [1.54, 1.807) is 20.2 Å². The number of nitrogens with zero attached hydrogens (tertiary/aromatic N) is 1. The number of aromatic nitrogens is 1. The lowest BCUT2D eigenvalue weighted by Gasteiger charge is -2.15. The molecule has 100 valence electrons. The average molecular weight is 252 g/mol. The highest BCUT2D eigenvalue weighted by Gasteiger charge is 2.12. The summed E-state index contributed by atoms with van der Waals surface area (Å²) < 4.78 is 4.86. The molecule has 0 aromatic carbocycles. The van der Waals surface area contributed by atoms with Crippen LogP contribution in [-0.2, 0) is 9.53 Å². The Morgan fingerprint density at radius 3 is 2.94 bits per heavy atom. The third kappa shape index (κ3) is 4.21. The number of carbonyl (C=O) groups is 1. The van der Waals surface area contributed by atoms with Crippen LogP contribution in [0.25, 0.3) is 0 Å². The van der Waals surface area contributed by atoms with E-state index in [-0.39, 0.29) is 11.9 Å². The van der Waals surface area contributed by atoms with Crippen molar-refractivity contribution in [3.8, 4) is 0 Å². The Bertz CT molecular complexity index is 409. The molecule has 4 N–H and O–H groups in total. The molecule has 0 saturated heterocycles. The lowest BCUT2D eigenvalue weighted by atomic mass is 10.2. The van der Waals surface area contributed by atoms with Crippen LogP contribution < -0.4 is 16.4 Å². The molecular weight excluding hydrogens is 232 g/mol. The molecule has 1 atom stereocenters. The van der Waals surface area contributed by atoms with Gasteiger partial charge in [0.05, 0.1) is 18.5 Å². The minimum atomic E-state index is -0.364. The van der Waals surface area contributed by atoms with Crippen LogP contribution in [0.15, 0.2) is 12.3 Å². The molecule has 0 fully saturated rings. The number of nitrogens with two attached hydrogens (primary N) is 1. The van der Waals surface area contributed by atoms with Gasteiger partial charge in [0.25, 0.3) is 0 Å². The van der Waals surface area contributed by atoms with Gasteiger partial charge >= 0.3 is 0 Å². The van der Waals surface area contributed by atoms with Gasteiger partial charge in [-0.15, -0.1) is 0 Å². The Morgan fingerprint density at radius 2 is 2.33 bits per heavy atom. The molecule has 1 aromatic heterocycles. The molecule has 0 radical (unpaired) electrons. The molecule has 1 unspecified atom stereocenters. The van der Waals surface area contributed by atoms with E-state index in [1.165, 1.54) is 0 Å². The number of hydrogen-bond donors (Lipinski definition) is 3. The number of pyridine rings is 1. The Balaban J connectivity index is 2.50. The molecule has 6 nitrogen and oxygen atoms in total. The highest BCUT2D eigenvalue weighted by molar-refractivity contribution is 5.83. The van der Waals surface area contributed by atoms with Crippen LogP contribution in [0.1, 0.15) is 12.5 Å². The Labute approximate surface area is 107 Å². The smallest absolute Gasteiger partial charge is 0.242 e. The second-order valence-electron chi connectivity index (χ2n) is 4.08. The minimum absolute atomic E-state index is 0.0941. The Hall–Kier alpha value is -1.82. The molecule has 0 aliphatic rings. The number of aryl methyl sites for hydroxylation is 1. The van der Waals surface area contributed by atoms with Crippen LogP contribution in [0.4, 0.5) is 11.5 Å². The van der Waals surface area contributed by atoms with Crippen LogP contribution in [0.5, 0.6) is 0 Å². The fourth-order valence-corrected chi connectivity index (χ4v) is 1.36. The van der Waals surface area contributed by atoms with Crippen molar-refractivity contribution in [2.75, 3.05) is 31.3 Å². The van der Waals surface area contributed by atoms with Crippen molar-refractivity contribution >= 4 is 17.4 Å². The topological polar surface area (TPSA) is 89.3 Å². The first kappa shape index (κ1) is 14.2. The third-order valence-corrected chi connectivity index (χ3v) is 2.51. The van der Waals surface area contributed by atoms with Gasteiger partial charge in [-0.05, 0) is 25.5 Å². The summed E-state index contributed by atoms with van der Waals surface area (Å²) in [6.45, 7) is 4.66. The molecular formula is C12H20N4O2. The molecule has 1 rings (SSSR count). The van der Waals surface area contributed by atoms with Crippen LogP contribution in [0.3, 0.4) is 0 Å². The summed E-state index contributed by atoms with van der Waals surface area (Å²) in [6, 6.07) is 1.45. The zero-order valence-electron chi connectivity index (χ0n) is 11.0. The van der Waals surface area contributed by atoms with E-state index < -0.39 is 0 Å². The number of rotatable bonds is 6. The van der Waals surface area contributed by atoms with Crippen LogP contribution in [0.2, 0.25) is 0 Å². The van der Waals surface area contributed by atoms with Crippen molar-refractivity contribution in [1.82, 2.24) is 10.3 Å². The van der Waals surface area contributed by atoms with Crippen molar-refractivity contribution in [2.24, 2.45) is 0 Å². The molecule has 18 heavy (non-hydrogen) atoms. The molecule has 6 heteroatoms. The van der Waals surface area contributed by atoms with Gasteiger partial charge in [-0.25, -0.2) is 4.98 Å². The van der Waals surface area contributed by atoms with E-state index in [9.17, 15) is 4.79 Å². The van der Waals surface area contributed by atoms with Gasteiger partial charge in [0.1, 0.15) is 11.9 Å². The second-order valence-corrected chi connectivity index (χ2v) is 4.08. The normalized spacial score (nSPS) is 11.9. The van der Waals surface area contributed by atoms with E-state index in [4.69, 9.17) is 10.5 Å². The van der Waals surface area contributed by atoms with Crippen molar-refractivity contribution in [1.29, 1.82) is 0 Å². The highest BCUT2D eigenvalue weighted by Crippen LogP contribution is 2.13. The van der Waals surface area contributed by atoms with Gasteiger partial charge in [0.2, 0.25) is 5.91 Å². The van der Waals surface area contributed by atoms with E-state index in [1.807, 2.05) is 13.0 Å². The maximum atomic E-state index is 11.7. The van der Waals surface area contributed by atoms with Gasteiger partial charge in [-0.2, -0.15) is 0 Å². The summed E-state index contributed by atoms with van der Waals surface area (Å²) in [6.07, 6.45) is 1.58. The minimum Gasteiger partial charge on any atom is -0.397 e. The third-order valence-electron chi connectivity index (χ3n) is 2.51. The highest BCUT2D eigenvalue weighted by atomic mass is 16.5. The zero-order valence-corrected chi connectivity index (χ0v) is 11.0. The van der Waals surface area contributed by atoms with Crippen molar-refractivity contribution in [3.63, 3.8) is 0 Å². The number of ether oxygens (including phenoxy) is 1. The predicted molar refractivity (Wildman–Crippen MR) is 71.4 cm³/mol. The lowest BCUT2D eigenvalue weighted by molar-refractivity contribution is -0.121. The number of hydrogen-bond acceptors (Lipinski definition) is 5. The van der Waals surface area contributed by atoms with E-state index in [0.717, 1.165) is 5.56 Å². The van der Waals surface area contributed by atoms with Crippen LogP contribution in [0, 0.1) is 6.92 Å². The first-order valence-electron chi connectivity index (χ1n) is 5.80. The van der Waals surface area contributed by atoms with E-state index in [0.29, 0.717) is 24.7 Å². The Kier molecular flexibility index (Phi) is 5.38. The fourth-order valence-electron chi connectivity index (χ4n) is 1.36. The number of methoxy groups -OCH3 is 1. The van der Waals surface area contributed by atoms with E-state index in [2.05, 4.69) is 15.6 Å². The summed E-state index contributed by atoms with van der Waals surface area (Å²) in [7, 11) is 1.59. The van der Waals surface area contributed by atoms with Gasteiger partial charge in [-0.1, -0.05) is 0 Å². The first-order valence-corrected chi connectivity index (χ1v) is 5.80. The molecule has 0 spiro atoms. The fraction of sp³-hybridized carbons (Fsp3) is 0.500. The second kappa shape index (κ2) is 6.80. The molecule has 1 heterocycles. The number of carbonyl (C=O) groups excluding carboxylic acids is 1. The molecule has 0 bridgehead atoms. The van der Waals surface area contributed by atoms with Crippen LogP contribution in [-0.4, -0.2) is 37.2 Å². The number of amides is 1. The van der Waals surface area contributed by atoms with Gasteiger partial charge in [-0.3, -0.25) is 4.79 Å². The number of anilines is 2. The predicted octanol–water partition coefficient (Wildman–Crippen LogP) is 0.535. The van der Waals surface area contributed by atoms with Crippen molar-refractivity contribution in [3.05, 3.63) is 17.8 Å². The molecule has 1 amide bonds. The quantitative estimate of drug-likeness (QED) is 0.643. The lowest BCUT2D eigenvalue weighted by Crippen LogP contribution is -2.39. The summed E-state index contributed by atoms with van der Waals surface area (Å²) in [5.41, 5.74) is 7.24. The molecule has 0 aliphatic carbocycles. The average Bonchev–Trinajstić information content (AvgIpc) is 2.34. The van der Waals surface area contributed by atoms with Gasteiger partial charge < -0.3 is 21.1 Å². The Morgan fingerprint density at radius 1 is 1.61 bits per heavy atom. The van der Waals surface area contributed by atoms with E-state index >= 15 is 0 Å². The maximum Gasteiger partial charge on any atom is 0.242 e. The summed E-state index contributed by atoms with van der Waals surface area (Å²) in [5, 5.41) is 5.77. The summed E-state index contributed by atoms with van der Waals surface area (Å²) in [4.78, 5) is 15.8. The largest absolute Gasteiger partial charge is 0.397 e. The van der Waals surface area contributed by atoms with Gasteiger partial charge in [0.15, 0.2) is 0 Å². The maximum absolute atomic E-state index is 11.7. The molecule has 0 aliphatic heterocycles. The SMILES string of the molecule is COCCNC(=O)C(C)Nc1cc(C)c(N)cn1. The number of nitrogens with one attached hydrogen (secondary N) is 2. The summed E-state index contributed by atoms with van der Waals surface area (Å²) >= 11 is 0. The van der Waals surface area contributed by atoms with Gasteiger partial charge in [0, 0.05) is 13.7 Å². The summed E-state index contributed by atoms with van der Waals surface area (Å²) in [5.74, 6) is 0.541. The van der Waals surface area contributed by atoms with Crippen molar-refractivity contribution < 1.29 is 9.53 Å². The van der Waals surface area contributed by atoms with Crippen molar-refractivity contribution in [2.45, 2.75) is 19.9 Å². The zero-order chi connectivity index (χ0) is 13.5. The molecule has 1 aromatic rings.